The molecule has 5 nitrogen and oxygen atoms in total. The van der Waals surface area contributed by atoms with Gasteiger partial charge in [-0.3, -0.25) is 4.79 Å². The lowest BCUT2D eigenvalue weighted by atomic mass is 10.1. The molecule has 0 fully saturated rings. The Labute approximate surface area is 136 Å². The van der Waals surface area contributed by atoms with Gasteiger partial charge in [0.1, 0.15) is 6.10 Å². The molecule has 1 atom stereocenters. The van der Waals surface area contributed by atoms with E-state index in [4.69, 9.17) is 9.47 Å². The molecule has 0 N–H and O–H groups in total. The van der Waals surface area contributed by atoms with Crippen molar-refractivity contribution in [1.82, 2.24) is 9.97 Å². The van der Waals surface area contributed by atoms with Crippen LogP contribution in [0.5, 0.6) is 5.75 Å². The SMILES string of the molecule is CCCOc1cnc(-c2ccc(CC(C)OC(C)=O)cc2)nc1. The highest BCUT2D eigenvalue weighted by atomic mass is 16.5. The van der Waals surface area contributed by atoms with Crippen molar-refractivity contribution < 1.29 is 14.3 Å². The smallest absolute Gasteiger partial charge is 0.302 e. The van der Waals surface area contributed by atoms with Gasteiger partial charge in [-0.25, -0.2) is 9.97 Å². The fourth-order valence-electron chi connectivity index (χ4n) is 2.21. The second kappa shape index (κ2) is 8.27. The number of hydrogen-bond donors (Lipinski definition) is 0. The van der Waals surface area contributed by atoms with Crippen LogP contribution in [-0.4, -0.2) is 28.6 Å². The van der Waals surface area contributed by atoms with E-state index in [-0.39, 0.29) is 12.1 Å². The zero-order chi connectivity index (χ0) is 16.7. The lowest BCUT2D eigenvalue weighted by Crippen LogP contribution is -2.14. The van der Waals surface area contributed by atoms with Gasteiger partial charge in [-0.1, -0.05) is 31.2 Å². The number of ether oxygens (including phenoxy) is 2. The van der Waals surface area contributed by atoms with Gasteiger partial charge >= 0.3 is 5.97 Å². The van der Waals surface area contributed by atoms with Crippen LogP contribution in [0.1, 0.15) is 32.8 Å². The number of carbonyl (C=O) groups excluding carboxylic acids is 1. The highest BCUT2D eigenvalue weighted by Crippen LogP contribution is 2.18. The van der Waals surface area contributed by atoms with Crippen molar-refractivity contribution >= 4 is 5.97 Å². The van der Waals surface area contributed by atoms with Gasteiger partial charge in [0.15, 0.2) is 11.6 Å². The summed E-state index contributed by atoms with van der Waals surface area (Å²) in [4.78, 5) is 19.6. The molecule has 0 bridgehead atoms. The predicted molar refractivity (Wildman–Crippen MR) is 88.2 cm³/mol. The van der Waals surface area contributed by atoms with Crippen LogP contribution >= 0.6 is 0 Å². The fourth-order valence-corrected chi connectivity index (χ4v) is 2.21. The number of rotatable bonds is 7. The lowest BCUT2D eigenvalue weighted by molar-refractivity contribution is -0.145. The molecule has 122 valence electrons. The van der Waals surface area contributed by atoms with Crippen molar-refractivity contribution in [3.63, 3.8) is 0 Å². The summed E-state index contributed by atoms with van der Waals surface area (Å²) in [5.74, 6) is 1.09. The molecule has 0 saturated carbocycles. The summed E-state index contributed by atoms with van der Waals surface area (Å²) in [6.07, 6.45) is 4.88. The van der Waals surface area contributed by atoms with Gasteiger partial charge in [0, 0.05) is 18.9 Å². The molecule has 0 amide bonds. The first-order valence-electron chi connectivity index (χ1n) is 7.80. The molecule has 2 aromatic rings. The number of nitrogens with zero attached hydrogens (tertiary/aromatic N) is 2. The van der Waals surface area contributed by atoms with Gasteiger partial charge in [0.25, 0.3) is 0 Å². The van der Waals surface area contributed by atoms with Gasteiger partial charge < -0.3 is 9.47 Å². The molecule has 0 saturated heterocycles. The second-order valence-corrected chi connectivity index (χ2v) is 5.41. The summed E-state index contributed by atoms with van der Waals surface area (Å²) in [6.45, 7) is 6.02. The van der Waals surface area contributed by atoms with Crippen molar-refractivity contribution in [1.29, 1.82) is 0 Å². The molecule has 0 aliphatic carbocycles. The molecule has 2 rings (SSSR count). The Bertz CT molecular complexity index is 624. The molecule has 23 heavy (non-hydrogen) atoms. The van der Waals surface area contributed by atoms with Crippen molar-refractivity contribution in [3.05, 3.63) is 42.2 Å². The Kier molecular flexibility index (Phi) is 6.09. The van der Waals surface area contributed by atoms with E-state index in [1.165, 1.54) is 6.92 Å². The molecule has 5 heteroatoms. The van der Waals surface area contributed by atoms with Gasteiger partial charge in [-0.2, -0.15) is 0 Å². The van der Waals surface area contributed by atoms with Gasteiger partial charge in [0.2, 0.25) is 0 Å². The molecule has 0 aliphatic heterocycles. The number of carbonyl (C=O) groups is 1. The van der Waals surface area contributed by atoms with Crippen molar-refractivity contribution in [3.8, 4) is 17.1 Å². The maximum atomic E-state index is 10.9. The quantitative estimate of drug-likeness (QED) is 0.733. The van der Waals surface area contributed by atoms with Crippen LogP contribution in [0.4, 0.5) is 0 Å². The maximum absolute atomic E-state index is 10.9. The molecule has 1 aromatic heterocycles. The number of esters is 1. The van der Waals surface area contributed by atoms with Crippen LogP contribution in [0.2, 0.25) is 0 Å². The van der Waals surface area contributed by atoms with Crippen LogP contribution < -0.4 is 4.74 Å². The van der Waals surface area contributed by atoms with Crippen molar-refractivity contribution in [2.75, 3.05) is 6.61 Å². The van der Waals surface area contributed by atoms with Crippen LogP contribution in [0.15, 0.2) is 36.7 Å². The van der Waals surface area contributed by atoms with Gasteiger partial charge in [-0.15, -0.1) is 0 Å². The maximum Gasteiger partial charge on any atom is 0.302 e. The third-order valence-electron chi connectivity index (χ3n) is 3.20. The first-order valence-corrected chi connectivity index (χ1v) is 7.80. The Hall–Kier alpha value is -2.43. The molecule has 0 radical (unpaired) electrons. The molecule has 1 unspecified atom stereocenters. The van der Waals surface area contributed by atoms with E-state index in [1.54, 1.807) is 12.4 Å². The molecule has 0 aliphatic rings. The summed E-state index contributed by atoms with van der Waals surface area (Å²) < 4.78 is 10.6. The zero-order valence-corrected chi connectivity index (χ0v) is 13.8. The highest BCUT2D eigenvalue weighted by molar-refractivity contribution is 5.66. The minimum absolute atomic E-state index is 0.135. The summed E-state index contributed by atoms with van der Waals surface area (Å²) in [7, 11) is 0. The predicted octanol–water partition coefficient (Wildman–Crippen LogP) is 3.43. The van der Waals surface area contributed by atoms with Crippen LogP contribution in [0, 0.1) is 0 Å². The minimum atomic E-state index is -0.257. The minimum Gasteiger partial charge on any atom is -0.490 e. The van der Waals surface area contributed by atoms with E-state index in [1.807, 2.05) is 31.2 Å². The third-order valence-corrected chi connectivity index (χ3v) is 3.20. The standard InChI is InChI=1S/C18H22N2O3/c1-4-9-22-17-11-19-18(20-12-17)16-7-5-15(6-8-16)10-13(2)23-14(3)21/h5-8,11-13H,4,9-10H2,1-3H3. The summed E-state index contributed by atoms with van der Waals surface area (Å²) in [5, 5.41) is 0. The monoisotopic (exact) mass is 314 g/mol. The van der Waals surface area contributed by atoms with Crippen molar-refractivity contribution in [2.45, 2.75) is 39.7 Å². The van der Waals surface area contributed by atoms with E-state index in [0.29, 0.717) is 24.6 Å². The largest absolute Gasteiger partial charge is 0.490 e. The normalized spacial score (nSPS) is 11.8. The van der Waals surface area contributed by atoms with E-state index in [0.717, 1.165) is 17.5 Å². The fraction of sp³-hybridized carbons (Fsp3) is 0.389. The number of hydrogen-bond acceptors (Lipinski definition) is 5. The average molecular weight is 314 g/mol. The molecule has 1 aromatic carbocycles. The van der Waals surface area contributed by atoms with Crippen LogP contribution in [0.3, 0.4) is 0 Å². The Balaban J connectivity index is 2.00. The zero-order valence-electron chi connectivity index (χ0n) is 13.8. The summed E-state index contributed by atoms with van der Waals surface area (Å²) in [5.41, 5.74) is 2.04. The molecular weight excluding hydrogens is 292 g/mol. The Morgan fingerprint density at radius 2 is 1.83 bits per heavy atom. The van der Waals surface area contributed by atoms with E-state index in [2.05, 4.69) is 16.9 Å². The van der Waals surface area contributed by atoms with Crippen LogP contribution in [-0.2, 0) is 16.0 Å². The first kappa shape index (κ1) is 16.9. The molecular formula is C18H22N2O3. The van der Waals surface area contributed by atoms with Gasteiger partial charge in [-0.05, 0) is 18.9 Å². The Morgan fingerprint density at radius 3 is 2.39 bits per heavy atom. The summed E-state index contributed by atoms with van der Waals surface area (Å²) in [6, 6.07) is 7.94. The van der Waals surface area contributed by atoms with E-state index in [9.17, 15) is 4.79 Å². The van der Waals surface area contributed by atoms with Crippen molar-refractivity contribution in [2.24, 2.45) is 0 Å². The van der Waals surface area contributed by atoms with Crippen LogP contribution in [0.25, 0.3) is 11.4 Å². The Morgan fingerprint density at radius 1 is 1.17 bits per heavy atom. The van der Waals surface area contributed by atoms with E-state index >= 15 is 0 Å². The topological polar surface area (TPSA) is 61.3 Å². The van der Waals surface area contributed by atoms with Gasteiger partial charge in [0.05, 0.1) is 19.0 Å². The number of benzene rings is 1. The third kappa shape index (κ3) is 5.36. The summed E-state index contributed by atoms with van der Waals surface area (Å²) >= 11 is 0. The number of aromatic nitrogens is 2. The molecule has 1 heterocycles. The second-order valence-electron chi connectivity index (χ2n) is 5.41. The highest BCUT2D eigenvalue weighted by Gasteiger charge is 2.08. The average Bonchev–Trinajstić information content (AvgIpc) is 2.53. The van der Waals surface area contributed by atoms with E-state index < -0.39 is 0 Å². The lowest BCUT2D eigenvalue weighted by Gasteiger charge is -2.12. The molecule has 0 spiro atoms. The first-order chi connectivity index (χ1) is 11.1.